The first-order valence-electron chi connectivity index (χ1n) is 13.9. The number of hydrogen-bond acceptors (Lipinski definition) is 2. The van der Waals surface area contributed by atoms with Gasteiger partial charge in [0.05, 0.1) is 0 Å². The highest BCUT2D eigenvalue weighted by atomic mass is 28.4. The highest BCUT2D eigenvalue weighted by molar-refractivity contribution is 6.92. The van der Waals surface area contributed by atoms with E-state index in [0.29, 0.717) is 0 Å². The van der Waals surface area contributed by atoms with E-state index in [0.717, 1.165) is 12.8 Å². The summed E-state index contributed by atoms with van der Waals surface area (Å²) in [5.74, 6) is 2.38. The normalized spacial score (nSPS) is 16.8. The number of rotatable bonds is 6. The molecule has 0 radical (unpaired) electrons. The van der Waals surface area contributed by atoms with Gasteiger partial charge in [-0.25, -0.2) is 0 Å². The van der Waals surface area contributed by atoms with Gasteiger partial charge in [0.15, 0.2) is 0 Å². The van der Waals surface area contributed by atoms with Crippen LogP contribution in [-0.4, -0.2) is 24.7 Å². The molecule has 0 fully saturated rings. The lowest BCUT2D eigenvalue weighted by Crippen LogP contribution is -2.42. The van der Waals surface area contributed by atoms with E-state index in [1.807, 2.05) is 0 Å². The molecule has 0 N–H and O–H groups in total. The summed E-state index contributed by atoms with van der Waals surface area (Å²) in [6, 6.07) is 17.8. The van der Waals surface area contributed by atoms with Crippen molar-refractivity contribution < 1.29 is 8.85 Å². The minimum Gasteiger partial charge on any atom is -0.543 e. The van der Waals surface area contributed by atoms with Crippen molar-refractivity contribution in [2.24, 2.45) is 0 Å². The minimum atomic E-state index is -2.12. The molecule has 200 valence electrons. The molecule has 2 nitrogen and oxygen atoms in total. The van der Waals surface area contributed by atoms with Crippen molar-refractivity contribution in [3.8, 4) is 0 Å². The summed E-state index contributed by atoms with van der Waals surface area (Å²) in [4.78, 5) is 0. The molecule has 0 amide bonds. The minimum absolute atomic E-state index is 0.147. The van der Waals surface area contributed by atoms with Crippen LogP contribution in [0.2, 0.25) is 49.4 Å². The predicted octanol–water partition coefficient (Wildman–Crippen LogP) is 9.75. The van der Waals surface area contributed by atoms with Crippen LogP contribution in [0.5, 0.6) is 0 Å². The van der Waals surface area contributed by atoms with E-state index in [1.54, 1.807) is 0 Å². The van der Waals surface area contributed by atoms with Crippen LogP contribution in [-0.2, 0) is 21.7 Å². The molecule has 2 aromatic carbocycles. The van der Waals surface area contributed by atoms with Gasteiger partial charge >= 0.3 is 0 Å². The van der Waals surface area contributed by atoms with E-state index in [-0.39, 0.29) is 10.1 Å². The standard InChI is InChI=1S/C32H48O2Si3/c1-31(2,3)36(9,10)33-29-25-19-15-13-17-23(25)21-27(29)35(7,8)28-22-24-18-14-16-20-26(24)30(28)34-37(11,12)32(4,5)6/h13-20H,21-22H2,1-12H3. The highest BCUT2D eigenvalue weighted by Gasteiger charge is 2.47. The Morgan fingerprint density at radius 1 is 0.541 bits per heavy atom. The maximum Gasteiger partial charge on any atom is 0.250 e. The molecule has 0 saturated heterocycles. The second-order valence-corrected chi connectivity index (χ2v) is 28.5. The Labute approximate surface area is 229 Å². The van der Waals surface area contributed by atoms with Crippen LogP contribution in [0.15, 0.2) is 58.9 Å². The number of benzene rings is 2. The van der Waals surface area contributed by atoms with Crippen molar-refractivity contribution in [1.82, 2.24) is 0 Å². The van der Waals surface area contributed by atoms with Gasteiger partial charge in [-0.2, -0.15) is 0 Å². The van der Waals surface area contributed by atoms with Crippen molar-refractivity contribution in [2.45, 2.75) is 104 Å². The molecule has 0 heterocycles. The molecule has 0 aromatic heterocycles. The second-order valence-electron chi connectivity index (χ2n) is 14.6. The van der Waals surface area contributed by atoms with Gasteiger partial charge in [0, 0.05) is 11.1 Å². The first-order valence-corrected chi connectivity index (χ1v) is 22.7. The van der Waals surface area contributed by atoms with Gasteiger partial charge in [-0.3, -0.25) is 0 Å². The zero-order chi connectivity index (χ0) is 27.6. The summed E-state index contributed by atoms with van der Waals surface area (Å²) >= 11 is 0. The Morgan fingerprint density at radius 2 is 0.865 bits per heavy atom. The molecule has 0 spiro atoms. The summed E-state index contributed by atoms with van der Waals surface area (Å²) in [6.07, 6.45) is 1.99. The second kappa shape index (κ2) is 9.13. The van der Waals surface area contributed by atoms with Crippen LogP contribution >= 0.6 is 0 Å². The van der Waals surface area contributed by atoms with E-state index in [9.17, 15) is 0 Å². The molecule has 0 unspecified atom stereocenters. The Morgan fingerprint density at radius 3 is 1.19 bits per heavy atom. The topological polar surface area (TPSA) is 18.5 Å². The lowest BCUT2D eigenvalue weighted by atomic mass is 10.1. The quantitative estimate of drug-likeness (QED) is 0.334. The molecule has 5 heteroatoms. The van der Waals surface area contributed by atoms with Gasteiger partial charge in [-0.15, -0.1) is 0 Å². The SMILES string of the molecule is CC(C)(C)[Si](C)(C)OC1=C([Si](C)(C)C2=C(O[Si](C)(C)C(C)(C)C)c3ccccc3C2)Cc2ccccc21. The maximum absolute atomic E-state index is 7.21. The molecule has 0 saturated carbocycles. The van der Waals surface area contributed by atoms with Gasteiger partial charge in [0.2, 0.25) is 16.6 Å². The van der Waals surface area contributed by atoms with Gasteiger partial charge in [0.25, 0.3) is 0 Å². The lowest BCUT2D eigenvalue weighted by molar-refractivity contribution is 0.456. The number of allylic oxidation sites excluding steroid dienone is 2. The predicted molar refractivity (Wildman–Crippen MR) is 168 cm³/mol. The third kappa shape index (κ3) is 4.99. The third-order valence-corrected chi connectivity index (χ3v) is 22.1. The maximum atomic E-state index is 7.21. The van der Waals surface area contributed by atoms with Crippen LogP contribution in [0.1, 0.15) is 63.8 Å². The smallest absolute Gasteiger partial charge is 0.250 e. The van der Waals surface area contributed by atoms with Crippen molar-refractivity contribution in [3.63, 3.8) is 0 Å². The molecule has 4 rings (SSSR count). The Balaban J connectivity index is 1.90. The van der Waals surface area contributed by atoms with Crippen molar-refractivity contribution >= 4 is 36.2 Å². The summed E-state index contributed by atoms with van der Waals surface area (Å²) in [5.41, 5.74) is 5.45. The molecule has 2 aliphatic rings. The highest BCUT2D eigenvalue weighted by Crippen LogP contribution is 2.50. The molecular formula is C32H48O2Si3. The summed E-state index contributed by atoms with van der Waals surface area (Å²) in [7, 11) is -6.16. The van der Waals surface area contributed by atoms with Crippen LogP contribution in [0, 0.1) is 0 Å². The van der Waals surface area contributed by atoms with Crippen molar-refractivity contribution in [2.75, 3.05) is 0 Å². The average molecular weight is 549 g/mol. The van der Waals surface area contributed by atoms with Crippen LogP contribution in [0.3, 0.4) is 0 Å². The fourth-order valence-corrected chi connectivity index (χ4v) is 10.3. The van der Waals surface area contributed by atoms with Crippen LogP contribution in [0.4, 0.5) is 0 Å². The fourth-order valence-electron chi connectivity index (χ4n) is 4.90. The third-order valence-electron chi connectivity index (χ3n) is 9.64. The molecule has 0 aliphatic heterocycles. The first kappa shape index (κ1) is 28.2. The Hall–Kier alpha value is -1.83. The largest absolute Gasteiger partial charge is 0.543 e. The molecule has 0 atom stereocenters. The number of hydrogen-bond donors (Lipinski definition) is 0. The molecule has 2 aliphatic carbocycles. The summed E-state index contributed by atoms with van der Waals surface area (Å²) < 4.78 is 14.4. The lowest BCUT2D eigenvalue weighted by Gasteiger charge is -2.40. The van der Waals surface area contributed by atoms with E-state index >= 15 is 0 Å². The number of fused-ring (bicyclic) bond motifs is 2. The van der Waals surface area contributed by atoms with Gasteiger partial charge in [-0.1, -0.05) is 103 Å². The van der Waals surface area contributed by atoms with E-state index in [4.69, 9.17) is 8.85 Å². The van der Waals surface area contributed by atoms with Gasteiger partial charge in [-0.05, 0) is 70.6 Å². The summed E-state index contributed by atoms with van der Waals surface area (Å²) in [5, 5.41) is 3.37. The zero-order valence-electron chi connectivity index (χ0n) is 25.3. The summed E-state index contributed by atoms with van der Waals surface area (Å²) in [6.45, 7) is 28.6. The van der Waals surface area contributed by atoms with Crippen LogP contribution in [0.25, 0.3) is 11.5 Å². The Bertz CT molecular complexity index is 1170. The van der Waals surface area contributed by atoms with Crippen molar-refractivity contribution in [3.05, 3.63) is 81.2 Å². The van der Waals surface area contributed by atoms with Crippen molar-refractivity contribution in [1.29, 1.82) is 0 Å². The monoisotopic (exact) mass is 548 g/mol. The molecule has 0 bridgehead atoms. The fraction of sp³-hybridized carbons (Fsp3) is 0.500. The zero-order valence-corrected chi connectivity index (χ0v) is 28.3. The van der Waals surface area contributed by atoms with Crippen LogP contribution < -0.4 is 0 Å². The molecule has 2 aromatic rings. The average Bonchev–Trinajstić information content (AvgIpc) is 3.32. The Kier molecular flexibility index (Phi) is 6.96. The van der Waals surface area contributed by atoms with Gasteiger partial charge in [0.1, 0.15) is 19.6 Å². The van der Waals surface area contributed by atoms with Gasteiger partial charge < -0.3 is 8.85 Å². The van der Waals surface area contributed by atoms with E-state index in [1.165, 1.54) is 44.2 Å². The molecular weight excluding hydrogens is 501 g/mol. The van der Waals surface area contributed by atoms with E-state index < -0.39 is 24.7 Å². The first-order chi connectivity index (χ1) is 16.9. The molecule has 37 heavy (non-hydrogen) atoms. The van der Waals surface area contributed by atoms with E-state index in [2.05, 4.69) is 129 Å².